The van der Waals surface area contributed by atoms with E-state index in [2.05, 4.69) is 10.2 Å². The number of halogens is 1. The van der Waals surface area contributed by atoms with Gasteiger partial charge in [0.2, 0.25) is 5.13 Å². The van der Waals surface area contributed by atoms with Crippen molar-refractivity contribution in [1.82, 2.24) is 10.2 Å². The number of carbonyl (C=O) groups is 2. The van der Waals surface area contributed by atoms with Crippen LogP contribution in [0.25, 0.3) is 5.76 Å². The lowest BCUT2D eigenvalue weighted by molar-refractivity contribution is -0.132. The van der Waals surface area contributed by atoms with Crippen molar-refractivity contribution in [2.24, 2.45) is 0 Å². The molecule has 222 valence electrons. The van der Waals surface area contributed by atoms with Crippen molar-refractivity contribution in [3.63, 3.8) is 0 Å². The third-order valence-corrected chi connectivity index (χ3v) is 8.71. The second kappa shape index (κ2) is 13.8. The smallest absolute Gasteiger partial charge is 0.301 e. The molecule has 1 N–H and O–H groups in total. The normalized spacial score (nSPS) is 16.1. The standard InChI is InChI=1S/C32H30FN3O5S2/c1-3-16-40-23-14-12-20(13-15-23)28(37)26-27(21-9-7-10-24(18-21)41-17-4-2)36(30(39)29(26)38)31-34-35-32(43-31)42-19-22-8-5-6-11-25(22)33/h5-15,18,27,37H,3-4,16-17,19H2,1-2H3. The quantitative estimate of drug-likeness (QED) is 0.0586. The van der Waals surface area contributed by atoms with Crippen molar-refractivity contribution in [3.05, 3.63) is 101 Å². The molecular formula is C32H30FN3O5S2. The van der Waals surface area contributed by atoms with E-state index in [4.69, 9.17) is 9.47 Å². The first-order chi connectivity index (χ1) is 20.9. The van der Waals surface area contributed by atoms with E-state index in [1.165, 1.54) is 22.7 Å². The molecule has 3 aromatic carbocycles. The highest BCUT2D eigenvalue weighted by molar-refractivity contribution is 8.00. The van der Waals surface area contributed by atoms with Crippen molar-refractivity contribution >= 4 is 45.7 Å². The summed E-state index contributed by atoms with van der Waals surface area (Å²) in [4.78, 5) is 28.4. The van der Waals surface area contributed by atoms with Crippen LogP contribution >= 0.6 is 23.1 Å². The topological polar surface area (TPSA) is 102 Å². The molecule has 0 spiro atoms. The molecule has 0 saturated carbocycles. The summed E-state index contributed by atoms with van der Waals surface area (Å²) in [6.07, 6.45) is 1.65. The minimum atomic E-state index is -0.987. The summed E-state index contributed by atoms with van der Waals surface area (Å²) in [6, 6.07) is 19.3. The average Bonchev–Trinajstić information content (AvgIpc) is 3.60. The fourth-order valence-electron chi connectivity index (χ4n) is 4.54. The monoisotopic (exact) mass is 619 g/mol. The van der Waals surface area contributed by atoms with E-state index >= 15 is 0 Å². The highest BCUT2D eigenvalue weighted by Crippen LogP contribution is 2.44. The van der Waals surface area contributed by atoms with Crippen LogP contribution in [0, 0.1) is 5.82 Å². The molecule has 1 aromatic heterocycles. The van der Waals surface area contributed by atoms with Crippen molar-refractivity contribution < 1.29 is 28.6 Å². The summed E-state index contributed by atoms with van der Waals surface area (Å²) >= 11 is 2.39. The number of benzene rings is 3. The van der Waals surface area contributed by atoms with E-state index in [0.29, 0.717) is 51.5 Å². The lowest BCUT2D eigenvalue weighted by Crippen LogP contribution is -2.29. The van der Waals surface area contributed by atoms with Crippen molar-refractivity contribution in [2.75, 3.05) is 18.1 Å². The molecule has 8 nitrogen and oxygen atoms in total. The molecule has 1 aliphatic heterocycles. The van der Waals surface area contributed by atoms with Crippen LogP contribution in [0.1, 0.15) is 49.4 Å². The van der Waals surface area contributed by atoms with Crippen LogP contribution < -0.4 is 14.4 Å². The lowest BCUT2D eigenvalue weighted by Gasteiger charge is -2.23. The van der Waals surface area contributed by atoms with Crippen molar-refractivity contribution in [2.45, 2.75) is 42.8 Å². The Morgan fingerprint density at radius 1 is 0.953 bits per heavy atom. The van der Waals surface area contributed by atoms with Gasteiger partial charge in [-0.1, -0.05) is 67.3 Å². The summed E-state index contributed by atoms with van der Waals surface area (Å²) < 4.78 is 26.1. The first-order valence-corrected chi connectivity index (χ1v) is 15.7. The molecule has 1 unspecified atom stereocenters. The third kappa shape index (κ3) is 6.73. The highest BCUT2D eigenvalue weighted by Gasteiger charge is 2.48. The number of nitrogens with zero attached hydrogens (tertiary/aromatic N) is 3. The van der Waals surface area contributed by atoms with Gasteiger partial charge in [0.25, 0.3) is 5.78 Å². The number of aliphatic hydroxyl groups is 1. The summed E-state index contributed by atoms with van der Waals surface area (Å²) in [5.41, 5.74) is 1.37. The van der Waals surface area contributed by atoms with E-state index in [9.17, 15) is 19.1 Å². The van der Waals surface area contributed by atoms with E-state index in [1.54, 1.807) is 66.7 Å². The zero-order valence-corrected chi connectivity index (χ0v) is 25.3. The molecule has 1 amide bonds. The van der Waals surface area contributed by atoms with Gasteiger partial charge in [0.15, 0.2) is 4.34 Å². The molecule has 4 aromatic rings. The van der Waals surface area contributed by atoms with Gasteiger partial charge in [-0.2, -0.15) is 0 Å². The zero-order chi connectivity index (χ0) is 30.3. The number of ether oxygens (including phenoxy) is 2. The molecule has 0 radical (unpaired) electrons. The molecular weight excluding hydrogens is 590 g/mol. The first kappa shape index (κ1) is 30.2. The van der Waals surface area contributed by atoms with Gasteiger partial charge in [-0.15, -0.1) is 10.2 Å². The van der Waals surface area contributed by atoms with Crippen molar-refractivity contribution in [3.8, 4) is 11.5 Å². The van der Waals surface area contributed by atoms with Crippen LogP contribution in [-0.4, -0.2) is 40.2 Å². The van der Waals surface area contributed by atoms with Gasteiger partial charge in [0, 0.05) is 11.3 Å². The van der Waals surface area contributed by atoms with E-state index in [0.717, 1.165) is 24.2 Å². The van der Waals surface area contributed by atoms with Gasteiger partial charge in [-0.3, -0.25) is 14.5 Å². The Labute approximate surface area is 257 Å². The molecule has 1 fully saturated rings. The first-order valence-electron chi connectivity index (χ1n) is 13.9. The average molecular weight is 620 g/mol. The molecule has 5 rings (SSSR count). The maximum absolute atomic E-state index is 14.1. The second-order valence-electron chi connectivity index (χ2n) is 9.69. The van der Waals surface area contributed by atoms with Crippen LogP contribution in [-0.2, 0) is 15.3 Å². The molecule has 1 saturated heterocycles. The number of aromatic nitrogens is 2. The molecule has 1 aliphatic rings. The number of hydrogen-bond acceptors (Lipinski definition) is 9. The molecule has 0 aliphatic carbocycles. The molecule has 0 bridgehead atoms. The number of amides is 1. The van der Waals surface area contributed by atoms with Crippen LogP contribution in [0.3, 0.4) is 0 Å². The van der Waals surface area contributed by atoms with Gasteiger partial charge in [0.05, 0.1) is 24.8 Å². The molecule has 2 heterocycles. The number of anilines is 1. The van der Waals surface area contributed by atoms with E-state index in [-0.39, 0.29) is 22.3 Å². The number of hydrogen-bond donors (Lipinski definition) is 1. The Morgan fingerprint density at radius 2 is 1.67 bits per heavy atom. The number of thioether (sulfide) groups is 1. The van der Waals surface area contributed by atoms with Gasteiger partial charge in [0.1, 0.15) is 23.1 Å². The Kier molecular flexibility index (Phi) is 9.73. The van der Waals surface area contributed by atoms with Gasteiger partial charge in [-0.05, 0) is 66.4 Å². The van der Waals surface area contributed by atoms with Gasteiger partial charge in [-0.25, -0.2) is 4.39 Å². The third-order valence-electron chi connectivity index (χ3n) is 6.60. The number of carbonyl (C=O) groups excluding carboxylic acids is 2. The molecule has 1 atom stereocenters. The Morgan fingerprint density at radius 3 is 2.40 bits per heavy atom. The van der Waals surface area contributed by atoms with Crippen LogP contribution in [0.15, 0.2) is 82.7 Å². The number of ketones is 1. The minimum absolute atomic E-state index is 0.0735. The van der Waals surface area contributed by atoms with E-state index in [1.807, 2.05) is 13.8 Å². The predicted molar refractivity (Wildman–Crippen MR) is 165 cm³/mol. The maximum atomic E-state index is 14.1. The summed E-state index contributed by atoms with van der Waals surface area (Å²) in [7, 11) is 0. The van der Waals surface area contributed by atoms with Gasteiger partial charge >= 0.3 is 5.91 Å². The molecule has 11 heteroatoms. The van der Waals surface area contributed by atoms with Crippen molar-refractivity contribution in [1.29, 1.82) is 0 Å². The lowest BCUT2D eigenvalue weighted by atomic mass is 9.95. The summed E-state index contributed by atoms with van der Waals surface area (Å²) in [6.45, 7) is 5.04. The Balaban J connectivity index is 1.53. The van der Waals surface area contributed by atoms with Crippen LogP contribution in [0.2, 0.25) is 0 Å². The zero-order valence-electron chi connectivity index (χ0n) is 23.7. The summed E-state index contributed by atoms with van der Waals surface area (Å²) in [5, 5.41) is 20.1. The summed E-state index contributed by atoms with van der Waals surface area (Å²) in [5.74, 6) is -0.794. The largest absolute Gasteiger partial charge is 0.507 e. The Bertz CT molecular complexity index is 1640. The van der Waals surface area contributed by atoms with Crippen LogP contribution in [0.5, 0.6) is 11.5 Å². The SMILES string of the molecule is CCCOc1ccc(C(O)=C2C(=O)C(=O)N(c3nnc(SCc4ccccc4F)s3)C2c2cccc(OCCC)c2)cc1. The predicted octanol–water partition coefficient (Wildman–Crippen LogP) is 7.17. The molecule has 43 heavy (non-hydrogen) atoms. The number of aliphatic hydroxyl groups excluding tert-OH is 1. The van der Waals surface area contributed by atoms with E-state index < -0.39 is 17.7 Å². The minimum Gasteiger partial charge on any atom is -0.507 e. The highest BCUT2D eigenvalue weighted by atomic mass is 32.2. The van der Waals surface area contributed by atoms with Crippen LogP contribution in [0.4, 0.5) is 9.52 Å². The second-order valence-corrected chi connectivity index (χ2v) is 11.9. The maximum Gasteiger partial charge on any atom is 0.301 e. The van der Waals surface area contributed by atoms with Gasteiger partial charge < -0.3 is 14.6 Å². The number of Topliss-reactive ketones (excluding diaryl/α,β-unsaturated/α-hetero) is 1. The fourth-order valence-corrected chi connectivity index (χ4v) is 6.39. The Hall–Kier alpha value is -4.22. The fraction of sp³-hybridized carbons (Fsp3) is 0.250. The number of rotatable bonds is 12.